The van der Waals surface area contributed by atoms with Gasteiger partial charge in [0.2, 0.25) is 0 Å². The van der Waals surface area contributed by atoms with Crippen LogP contribution in [0.5, 0.6) is 0 Å². The molecule has 5 heteroatoms. The summed E-state index contributed by atoms with van der Waals surface area (Å²) in [6.07, 6.45) is 3.23. The lowest BCUT2D eigenvalue weighted by atomic mass is 10.0. The van der Waals surface area contributed by atoms with E-state index in [2.05, 4.69) is 34.8 Å². The van der Waals surface area contributed by atoms with Gasteiger partial charge in [-0.1, -0.05) is 0 Å². The Bertz CT molecular complexity index is 424. The first-order valence-electron chi connectivity index (χ1n) is 7.02. The highest BCUT2D eigenvalue weighted by Gasteiger charge is 2.25. The Morgan fingerprint density at radius 2 is 2.00 bits per heavy atom. The lowest BCUT2D eigenvalue weighted by molar-refractivity contribution is -0.00547. The highest BCUT2D eigenvalue weighted by atomic mass is 16.5. The molecule has 0 spiro atoms. The Balaban J connectivity index is 1.78. The summed E-state index contributed by atoms with van der Waals surface area (Å²) in [5.41, 5.74) is 1.11. The molecule has 0 amide bonds. The summed E-state index contributed by atoms with van der Waals surface area (Å²) in [4.78, 5) is 11.1. The fourth-order valence-electron chi connectivity index (χ4n) is 2.89. The molecule has 0 radical (unpaired) electrons. The summed E-state index contributed by atoms with van der Waals surface area (Å²) < 4.78 is 11.2. The molecule has 0 aromatic carbocycles. The topological polar surface area (TPSA) is 47.5 Å². The lowest BCUT2D eigenvalue weighted by Crippen LogP contribution is -2.45. The second-order valence-corrected chi connectivity index (χ2v) is 5.52. The Kier molecular flexibility index (Phi) is 3.66. The molecule has 0 bridgehead atoms. The fourth-order valence-corrected chi connectivity index (χ4v) is 2.89. The number of ether oxygens (including phenoxy) is 2. The number of rotatable bonds is 2. The fraction of sp³-hybridized carbons (Fsp3) is 0.714. The van der Waals surface area contributed by atoms with Gasteiger partial charge < -0.3 is 14.4 Å². The molecule has 2 aliphatic rings. The molecule has 0 saturated carbocycles. The van der Waals surface area contributed by atoms with Crippen LogP contribution in [0.15, 0.2) is 12.4 Å². The van der Waals surface area contributed by atoms with Gasteiger partial charge in [0, 0.05) is 31.7 Å². The van der Waals surface area contributed by atoms with Crippen molar-refractivity contribution in [2.24, 2.45) is 0 Å². The predicted octanol–water partition coefficient (Wildman–Crippen LogP) is 1.59. The maximum Gasteiger partial charge on any atom is 0.132 e. The Morgan fingerprint density at radius 3 is 2.68 bits per heavy atom. The minimum absolute atomic E-state index is 0.247. The van der Waals surface area contributed by atoms with Crippen molar-refractivity contribution in [1.29, 1.82) is 0 Å². The molecule has 104 valence electrons. The number of aromatic nitrogens is 2. The third-order valence-corrected chi connectivity index (χ3v) is 3.77. The van der Waals surface area contributed by atoms with Crippen LogP contribution in [0.1, 0.15) is 31.9 Å². The average Bonchev–Trinajstić information content (AvgIpc) is 2.92. The smallest absolute Gasteiger partial charge is 0.132 e. The predicted molar refractivity (Wildman–Crippen MR) is 72.4 cm³/mol. The summed E-state index contributed by atoms with van der Waals surface area (Å²) in [5, 5.41) is 0. The molecular weight excluding hydrogens is 242 g/mol. The van der Waals surface area contributed by atoms with Gasteiger partial charge in [0.25, 0.3) is 0 Å². The van der Waals surface area contributed by atoms with E-state index in [0.717, 1.165) is 44.2 Å². The Labute approximate surface area is 113 Å². The van der Waals surface area contributed by atoms with E-state index >= 15 is 0 Å². The van der Waals surface area contributed by atoms with Gasteiger partial charge in [-0.3, -0.25) is 0 Å². The average molecular weight is 263 g/mol. The van der Waals surface area contributed by atoms with Crippen molar-refractivity contribution in [2.45, 2.75) is 38.4 Å². The van der Waals surface area contributed by atoms with Crippen molar-refractivity contribution in [3.05, 3.63) is 18.1 Å². The normalized spacial score (nSPS) is 31.7. The second kappa shape index (κ2) is 5.43. The molecule has 1 aromatic heterocycles. The largest absolute Gasteiger partial charge is 0.381 e. The van der Waals surface area contributed by atoms with Gasteiger partial charge >= 0.3 is 0 Å². The first kappa shape index (κ1) is 12.8. The van der Waals surface area contributed by atoms with Gasteiger partial charge in [-0.25, -0.2) is 9.97 Å². The van der Waals surface area contributed by atoms with Crippen molar-refractivity contribution in [3.63, 3.8) is 0 Å². The molecule has 3 heterocycles. The first-order chi connectivity index (χ1) is 9.22. The van der Waals surface area contributed by atoms with Gasteiger partial charge in [-0.05, 0) is 20.3 Å². The van der Waals surface area contributed by atoms with Crippen LogP contribution in [-0.2, 0) is 9.47 Å². The molecule has 19 heavy (non-hydrogen) atoms. The highest BCUT2D eigenvalue weighted by Crippen LogP contribution is 2.26. The van der Waals surface area contributed by atoms with E-state index in [1.165, 1.54) is 0 Å². The maximum atomic E-state index is 5.76. The third-order valence-electron chi connectivity index (χ3n) is 3.77. The number of hydrogen-bond donors (Lipinski definition) is 0. The van der Waals surface area contributed by atoms with Gasteiger partial charge in [-0.15, -0.1) is 0 Å². The number of nitrogens with zero attached hydrogens (tertiary/aromatic N) is 3. The van der Waals surface area contributed by atoms with Crippen molar-refractivity contribution in [2.75, 3.05) is 31.2 Å². The van der Waals surface area contributed by atoms with E-state index in [1.54, 1.807) is 6.33 Å². The first-order valence-corrected chi connectivity index (χ1v) is 7.02. The summed E-state index contributed by atoms with van der Waals surface area (Å²) >= 11 is 0. The van der Waals surface area contributed by atoms with Crippen LogP contribution in [0.4, 0.5) is 5.82 Å². The highest BCUT2D eigenvalue weighted by molar-refractivity contribution is 5.40. The minimum atomic E-state index is 0.247. The van der Waals surface area contributed by atoms with Crippen LogP contribution >= 0.6 is 0 Å². The van der Waals surface area contributed by atoms with Crippen molar-refractivity contribution in [1.82, 2.24) is 9.97 Å². The summed E-state index contributed by atoms with van der Waals surface area (Å²) in [7, 11) is 0. The van der Waals surface area contributed by atoms with Crippen LogP contribution in [0, 0.1) is 0 Å². The maximum absolute atomic E-state index is 5.76. The molecule has 3 rings (SSSR count). The van der Waals surface area contributed by atoms with E-state index in [4.69, 9.17) is 9.47 Å². The van der Waals surface area contributed by atoms with E-state index in [0.29, 0.717) is 5.92 Å². The zero-order valence-corrected chi connectivity index (χ0v) is 11.6. The van der Waals surface area contributed by atoms with Gasteiger partial charge in [0.05, 0.1) is 24.5 Å². The second-order valence-electron chi connectivity index (χ2n) is 5.52. The van der Waals surface area contributed by atoms with Crippen LogP contribution < -0.4 is 4.90 Å². The summed E-state index contributed by atoms with van der Waals surface area (Å²) in [5.74, 6) is 1.44. The zero-order valence-electron chi connectivity index (χ0n) is 11.6. The molecule has 3 atom stereocenters. The van der Waals surface area contributed by atoms with Gasteiger partial charge in [-0.2, -0.15) is 0 Å². The number of hydrogen-bond acceptors (Lipinski definition) is 5. The van der Waals surface area contributed by atoms with E-state index in [-0.39, 0.29) is 12.2 Å². The quantitative estimate of drug-likeness (QED) is 0.811. The molecule has 5 nitrogen and oxygen atoms in total. The molecule has 2 aliphatic heterocycles. The van der Waals surface area contributed by atoms with Crippen molar-refractivity contribution in [3.8, 4) is 0 Å². The van der Waals surface area contributed by atoms with Crippen LogP contribution in [0.3, 0.4) is 0 Å². The standard InChI is InChI=1S/C14H21N3O2/c1-10-6-17(7-11(2)19-10)14-5-13(15-9-16-14)12-3-4-18-8-12/h5,9-12H,3-4,6-8H2,1-2H3/t10-,11+,12-/m1/s1. The number of morpholine rings is 1. The van der Waals surface area contributed by atoms with Gasteiger partial charge in [0.1, 0.15) is 12.1 Å². The summed E-state index contributed by atoms with van der Waals surface area (Å²) in [6, 6.07) is 2.12. The molecule has 2 saturated heterocycles. The Morgan fingerprint density at radius 1 is 1.21 bits per heavy atom. The SMILES string of the molecule is C[C@@H]1CN(c2cc([C@@H]3CCOC3)ncn2)C[C@H](C)O1. The molecule has 2 fully saturated rings. The zero-order chi connectivity index (χ0) is 13.2. The van der Waals surface area contributed by atoms with Crippen molar-refractivity contribution >= 4 is 5.82 Å². The molecule has 1 aromatic rings. The molecule has 0 unspecified atom stereocenters. The number of anilines is 1. The molecule has 0 aliphatic carbocycles. The van der Waals surface area contributed by atoms with Crippen LogP contribution in [0.2, 0.25) is 0 Å². The molecular formula is C14H21N3O2. The minimum Gasteiger partial charge on any atom is -0.381 e. The van der Waals surface area contributed by atoms with Crippen molar-refractivity contribution < 1.29 is 9.47 Å². The van der Waals surface area contributed by atoms with E-state index in [9.17, 15) is 0 Å². The summed E-state index contributed by atoms with van der Waals surface area (Å²) in [6.45, 7) is 7.62. The van der Waals surface area contributed by atoms with E-state index < -0.39 is 0 Å². The Hall–Kier alpha value is -1.20. The molecule has 0 N–H and O–H groups in total. The lowest BCUT2D eigenvalue weighted by Gasteiger charge is -2.36. The van der Waals surface area contributed by atoms with E-state index in [1.807, 2.05) is 0 Å². The van der Waals surface area contributed by atoms with Gasteiger partial charge in [0.15, 0.2) is 0 Å². The van der Waals surface area contributed by atoms with Crippen LogP contribution in [-0.4, -0.2) is 48.5 Å². The third kappa shape index (κ3) is 2.87. The monoisotopic (exact) mass is 263 g/mol. The van der Waals surface area contributed by atoms with Crippen LogP contribution in [0.25, 0.3) is 0 Å².